The maximum atomic E-state index is 10.6. The minimum atomic E-state index is -4.58. The molecule has 0 atom stereocenters. The van der Waals surface area contributed by atoms with Gasteiger partial charge in [-0.15, -0.1) is 0 Å². The van der Waals surface area contributed by atoms with Gasteiger partial charge in [0.1, 0.15) is 5.75 Å². The topological polar surface area (TPSA) is 92.8 Å². The van der Waals surface area contributed by atoms with Crippen molar-refractivity contribution in [2.24, 2.45) is 0 Å². The van der Waals surface area contributed by atoms with E-state index in [1.807, 2.05) is 0 Å². The van der Waals surface area contributed by atoms with Gasteiger partial charge in [0.25, 0.3) is 0 Å². The average molecular weight is 426 g/mol. The van der Waals surface area contributed by atoms with Crippen molar-refractivity contribution in [2.45, 2.75) is 0 Å². The third kappa shape index (κ3) is 3.44. The first-order valence-electron chi connectivity index (χ1n) is 3.40. The van der Waals surface area contributed by atoms with Crippen LogP contribution in [0, 0.1) is 0 Å². The number of nitrogens with two attached hydrogens (primary N) is 1. The molecule has 1 rings (SSSR count). The molecule has 0 aliphatic carbocycles. The third-order valence-corrected chi connectivity index (χ3v) is 4.61. The highest BCUT2D eigenvalue weighted by Gasteiger charge is 2.21. The summed E-state index contributed by atoms with van der Waals surface area (Å²) in [5.41, 5.74) is 6.04. The van der Waals surface area contributed by atoms with Crippen molar-refractivity contribution < 1.29 is 18.9 Å². The second-order valence-electron chi connectivity index (χ2n) is 2.48. The minimum Gasteiger partial charge on any atom is -0.403 e. The number of halogens is 3. The van der Waals surface area contributed by atoms with Gasteiger partial charge in [-0.25, -0.2) is 4.57 Å². The average Bonchev–Trinajstić information content (AvgIpc) is 2.08. The van der Waals surface area contributed by atoms with Crippen LogP contribution in [0.3, 0.4) is 0 Å². The molecule has 0 amide bonds. The molecule has 0 aromatic heterocycles. The van der Waals surface area contributed by atoms with Gasteiger partial charge in [0, 0.05) is 4.47 Å². The number of phosphoric acid groups is 1. The number of nitrogen functional groups attached to an aromatic ring is 1. The van der Waals surface area contributed by atoms with Crippen molar-refractivity contribution in [3.63, 3.8) is 0 Å². The molecular weight excluding hydrogens is 421 g/mol. The SMILES string of the molecule is Nc1c(Br)cc(OP(=O)(O)O)c(Br)c1Br. The summed E-state index contributed by atoms with van der Waals surface area (Å²) in [5.74, 6) is -0.00344. The van der Waals surface area contributed by atoms with Crippen LogP contribution in [-0.2, 0) is 4.57 Å². The first-order chi connectivity index (χ1) is 6.72. The van der Waals surface area contributed by atoms with Gasteiger partial charge >= 0.3 is 7.82 Å². The lowest BCUT2D eigenvalue weighted by atomic mass is 10.3. The summed E-state index contributed by atoms with van der Waals surface area (Å²) in [6, 6.07) is 1.36. The number of phosphoric ester groups is 1. The molecule has 0 bridgehead atoms. The Morgan fingerprint density at radius 1 is 1.27 bits per heavy atom. The molecule has 15 heavy (non-hydrogen) atoms. The Balaban J connectivity index is 3.27. The Kier molecular flexibility index (Phi) is 4.25. The standard InChI is InChI=1S/C6H5Br3NO4P/c7-2-1-3(14-15(11,12)13)4(8)5(9)6(2)10/h1H,10H2,(H2,11,12,13). The van der Waals surface area contributed by atoms with Crippen LogP contribution in [0.5, 0.6) is 5.75 Å². The number of anilines is 1. The van der Waals surface area contributed by atoms with Crippen LogP contribution in [0.25, 0.3) is 0 Å². The van der Waals surface area contributed by atoms with Crippen LogP contribution in [-0.4, -0.2) is 9.79 Å². The molecule has 0 spiro atoms. The highest BCUT2D eigenvalue weighted by atomic mass is 79.9. The van der Waals surface area contributed by atoms with Crippen LogP contribution < -0.4 is 10.3 Å². The number of hydrogen-bond acceptors (Lipinski definition) is 3. The highest BCUT2D eigenvalue weighted by Crippen LogP contribution is 2.47. The minimum absolute atomic E-state index is 0.00344. The molecule has 0 fully saturated rings. The molecule has 1 aromatic rings. The number of hydrogen-bond donors (Lipinski definition) is 3. The predicted octanol–water partition coefficient (Wildman–Crippen LogP) is 3.03. The molecule has 1 aromatic carbocycles. The second-order valence-corrected chi connectivity index (χ2v) is 6.08. The van der Waals surface area contributed by atoms with Crippen LogP contribution in [0.2, 0.25) is 0 Å². The van der Waals surface area contributed by atoms with E-state index in [1.54, 1.807) is 0 Å². The first kappa shape index (κ1) is 13.5. The quantitative estimate of drug-likeness (QED) is 0.385. The van der Waals surface area contributed by atoms with Gasteiger partial charge < -0.3 is 10.3 Å². The summed E-state index contributed by atoms with van der Waals surface area (Å²) in [7, 11) is -4.58. The monoisotopic (exact) mass is 423 g/mol. The van der Waals surface area contributed by atoms with Crippen LogP contribution in [0.4, 0.5) is 5.69 Å². The molecule has 5 nitrogen and oxygen atoms in total. The number of rotatable bonds is 2. The lowest BCUT2D eigenvalue weighted by Gasteiger charge is -2.12. The van der Waals surface area contributed by atoms with Gasteiger partial charge in [0.2, 0.25) is 0 Å². The van der Waals surface area contributed by atoms with Crippen molar-refractivity contribution in [1.29, 1.82) is 0 Å². The van der Waals surface area contributed by atoms with E-state index >= 15 is 0 Å². The zero-order valence-electron chi connectivity index (χ0n) is 6.95. The van der Waals surface area contributed by atoms with Crippen molar-refractivity contribution >= 4 is 61.3 Å². The van der Waals surface area contributed by atoms with E-state index < -0.39 is 7.82 Å². The van der Waals surface area contributed by atoms with E-state index in [4.69, 9.17) is 15.5 Å². The van der Waals surface area contributed by atoms with Crippen molar-refractivity contribution in [3.05, 3.63) is 19.5 Å². The van der Waals surface area contributed by atoms with Gasteiger partial charge in [-0.2, -0.15) is 0 Å². The third-order valence-electron chi connectivity index (χ3n) is 1.38. The molecule has 4 N–H and O–H groups in total. The van der Waals surface area contributed by atoms with E-state index in [1.165, 1.54) is 6.07 Å². The van der Waals surface area contributed by atoms with Crippen molar-refractivity contribution in [1.82, 2.24) is 0 Å². The lowest BCUT2D eigenvalue weighted by Crippen LogP contribution is -1.95. The molecule has 9 heteroatoms. The number of benzene rings is 1. The summed E-state index contributed by atoms with van der Waals surface area (Å²) >= 11 is 9.39. The fourth-order valence-electron chi connectivity index (χ4n) is 0.782. The fraction of sp³-hybridized carbons (Fsp3) is 0. The molecule has 0 radical (unpaired) electrons. The van der Waals surface area contributed by atoms with Crippen molar-refractivity contribution in [3.8, 4) is 5.75 Å². The van der Waals surface area contributed by atoms with Crippen molar-refractivity contribution in [2.75, 3.05) is 5.73 Å². The van der Waals surface area contributed by atoms with E-state index in [0.717, 1.165) is 0 Å². The van der Waals surface area contributed by atoms with Gasteiger partial charge in [0.05, 0.1) is 14.6 Å². The molecule has 0 aliphatic heterocycles. The Hall–Kier alpha value is 0.410. The molecule has 0 saturated carbocycles. The molecule has 0 unspecified atom stereocenters. The van der Waals surface area contributed by atoms with Crippen LogP contribution >= 0.6 is 55.6 Å². The normalized spacial score (nSPS) is 11.5. The zero-order valence-corrected chi connectivity index (χ0v) is 12.6. The Bertz CT molecular complexity index is 446. The van der Waals surface area contributed by atoms with Gasteiger partial charge in [-0.05, 0) is 53.9 Å². The van der Waals surface area contributed by atoms with Gasteiger partial charge in [0.15, 0.2) is 0 Å². The van der Waals surface area contributed by atoms with E-state index in [9.17, 15) is 4.57 Å². The smallest absolute Gasteiger partial charge is 0.403 e. The van der Waals surface area contributed by atoms with Crippen LogP contribution in [0.15, 0.2) is 19.5 Å². The Labute approximate surface area is 111 Å². The first-order valence-corrected chi connectivity index (χ1v) is 7.31. The van der Waals surface area contributed by atoms with Gasteiger partial charge in [-0.3, -0.25) is 9.79 Å². The summed E-state index contributed by atoms with van der Waals surface area (Å²) < 4.78 is 16.4. The lowest BCUT2D eigenvalue weighted by molar-refractivity contribution is 0.282. The maximum absolute atomic E-state index is 10.6. The fourth-order valence-corrected chi connectivity index (χ4v) is 2.80. The molecule has 0 saturated heterocycles. The van der Waals surface area contributed by atoms with Gasteiger partial charge in [-0.1, -0.05) is 0 Å². The highest BCUT2D eigenvalue weighted by molar-refractivity contribution is 9.13. The molecule has 0 heterocycles. The molecular formula is C6H5Br3NO4P. The largest absolute Gasteiger partial charge is 0.524 e. The summed E-state index contributed by atoms with van der Waals surface area (Å²) in [5, 5.41) is 0. The predicted molar refractivity (Wildman–Crippen MR) is 66.6 cm³/mol. The summed E-state index contributed by atoms with van der Waals surface area (Å²) in [6.07, 6.45) is 0. The summed E-state index contributed by atoms with van der Waals surface area (Å²) in [4.78, 5) is 17.3. The Morgan fingerprint density at radius 2 is 1.80 bits per heavy atom. The van der Waals surface area contributed by atoms with E-state index in [-0.39, 0.29) is 5.75 Å². The van der Waals surface area contributed by atoms with E-state index in [2.05, 4.69) is 52.3 Å². The Morgan fingerprint density at radius 3 is 2.27 bits per heavy atom. The summed E-state index contributed by atoms with van der Waals surface area (Å²) in [6.45, 7) is 0. The molecule has 0 aliphatic rings. The van der Waals surface area contributed by atoms with Crippen LogP contribution in [0.1, 0.15) is 0 Å². The zero-order chi connectivity index (χ0) is 11.8. The van der Waals surface area contributed by atoms with E-state index in [0.29, 0.717) is 19.1 Å². The molecule has 84 valence electrons. The second kappa shape index (κ2) is 4.73. The maximum Gasteiger partial charge on any atom is 0.524 e.